The Kier molecular flexibility index (Phi) is 37.7. The van der Waals surface area contributed by atoms with Gasteiger partial charge in [-0.1, -0.05) is 141 Å². The van der Waals surface area contributed by atoms with Crippen LogP contribution in [0.1, 0.15) is 206 Å². The number of carbonyl (C=O) groups excluding carboxylic acids is 3. The summed E-state index contributed by atoms with van der Waals surface area (Å²) in [5, 5.41) is 5.95. The lowest BCUT2D eigenvalue weighted by Gasteiger charge is -2.20. The molecule has 7 nitrogen and oxygen atoms in total. The number of amides is 4. The van der Waals surface area contributed by atoms with Gasteiger partial charge >= 0.3 is 6.03 Å². The fourth-order valence-electron chi connectivity index (χ4n) is 6.22. The van der Waals surface area contributed by atoms with Gasteiger partial charge in [0, 0.05) is 39.0 Å². The van der Waals surface area contributed by atoms with Crippen molar-refractivity contribution in [3.8, 4) is 0 Å². The highest BCUT2D eigenvalue weighted by Gasteiger charge is 2.10. The maximum atomic E-state index is 12.2. The minimum atomic E-state index is -0.454. The number of nitrogens with zero attached hydrogens (tertiary/aromatic N) is 1. The van der Waals surface area contributed by atoms with Crippen LogP contribution in [-0.4, -0.2) is 48.9 Å². The van der Waals surface area contributed by atoms with Crippen molar-refractivity contribution in [2.45, 2.75) is 206 Å². The normalized spacial score (nSPS) is 11.5. The number of primary amides is 1. The molecule has 0 aromatic rings. The number of nitrogens with one attached hydrogen (secondary N) is 2. The molecule has 4 amide bonds. The molecule has 0 rings (SSSR count). The van der Waals surface area contributed by atoms with Gasteiger partial charge in [-0.05, 0) is 77.0 Å². The molecule has 0 heterocycles. The van der Waals surface area contributed by atoms with Crippen molar-refractivity contribution in [2.75, 3.05) is 26.2 Å². The van der Waals surface area contributed by atoms with Gasteiger partial charge in [0.25, 0.3) is 0 Å². The second-order valence-corrected chi connectivity index (χ2v) is 14.4. The summed E-state index contributed by atoms with van der Waals surface area (Å²) in [6.45, 7) is 6.62. The summed E-state index contributed by atoms with van der Waals surface area (Å²) >= 11 is 0. The molecular formula is C43H82N4O3. The van der Waals surface area contributed by atoms with Gasteiger partial charge in [0.15, 0.2) is 0 Å². The molecule has 0 aliphatic carbocycles. The Balaban J connectivity index is 3.62. The first-order chi connectivity index (χ1) is 24.5. The number of rotatable bonds is 38. The van der Waals surface area contributed by atoms with Gasteiger partial charge in [-0.15, -0.1) is 0 Å². The summed E-state index contributed by atoms with van der Waals surface area (Å²) in [6, 6.07) is -0.454. The number of unbranched alkanes of at least 4 members (excludes halogenated alkanes) is 22. The van der Waals surface area contributed by atoms with Crippen molar-refractivity contribution in [1.82, 2.24) is 15.5 Å². The van der Waals surface area contributed by atoms with E-state index in [-0.39, 0.29) is 11.8 Å². The van der Waals surface area contributed by atoms with Gasteiger partial charge in [-0.2, -0.15) is 0 Å². The lowest BCUT2D eigenvalue weighted by atomic mass is 10.1. The molecule has 0 atom stereocenters. The molecule has 4 N–H and O–H groups in total. The Labute approximate surface area is 309 Å². The van der Waals surface area contributed by atoms with Crippen LogP contribution in [0.3, 0.4) is 0 Å². The molecule has 50 heavy (non-hydrogen) atoms. The zero-order chi connectivity index (χ0) is 36.6. The van der Waals surface area contributed by atoms with Gasteiger partial charge in [-0.3, -0.25) is 9.59 Å². The highest BCUT2D eigenvalue weighted by atomic mass is 16.2. The molecular weight excluding hydrogens is 620 g/mol. The van der Waals surface area contributed by atoms with Gasteiger partial charge in [0.1, 0.15) is 0 Å². The molecule has 0 radical (unpaired) electrons. The van der Waals surface area contributed by atoms with Crippen LogP contribution in [0, 0.1) is 0 Å². The van der Waals surface area contributed by atoms with Gasteiger partial charge < -0.3 is 21.3 Å². The zero-order valence-corrected chi connectivity index (χ0v) is 33.1. The second-order valence-electron chi connectivity index (χ2n) is 14.4. The molecule has 0 aromatic carbocycles. The topological polar surface area (TPSA) is 105 Å². The fraction of sp³-hybridized carbons (Fsp3) is 0.837. The summed E-state index contributed by atoms with van der Waals surface area (Å²) in [5.74, 6) is 0.171. The third-order valence-corrected chi connectivity index (χ3v) is 9.50. The number of hydrogen-bond donors (Lipinski definition) is 3. The molecule has 0 saturated heterocycles. The summed E-state index contributed by atoms with van der Waals surface area (Å²) in [4.78, 5) is 37.8. The first-order valence-corrected chi connectivity index (χ1v) is 21.4. The fourth-order valence-corrected chi connectivity index (χ4v) is 6.22. The number of urea groups is 1. The van der Waals surface area contributed by atoms with E-state index in [2.05, 4.69) is 48.8 Å². The minimum Gasteiger partial charge on any atom is -0.356 e. The van der Waals surface area contributed by atoms with Crippen molar-refractivity contribution >= 4 is 17.8 Å². The Morgan fingerprint density at radius 3 is 1.06 bits per heavy atom. The smallest absolute Gasteiger partial charge is 0.314 e. The molecule has 0 saturated carbocycles. The standard InChI is InChI=1S/C43H82N4O3/c1-3-5-7-9-11-13-15-17-19-21-23-25-27-29-31-35-41(48)45-37-33-39-47(43(44)50)40-34-38-46-42(49)36-32-30-28-26-24-22-20-18-16-14-12-10-8-6-4-2/h17-20H,3-16,21-40H2,1-2H3,(H2,44,50)(H,45,48)(H,46,49)/b19-17-,20-18-. The van der Waals surface area contributed by atoms with Gasteiger partial charge in [0.2, 0.25) is 11.8 Å². The van der Waals surface area contributed by atoms with Crippen LogP contribution in [0.15, 0.2) is 24.3 Å². The van der Waals surface area contributed by atoms with E-state index in [4.69, 9.17) is 5.73 Å². The first-order valence-electron chi connectivity index (χ1n) is 21.4. The molecule has 0 spiro atoms. The average molecular weight is 703 g/mol. The monoisotopic (exact) mass is 703 g/mol. The van der Waals surface area contributed by atoms with Crippen molar-refractivity contribution in [2.24, 2.45) is 5.73 Å². The largest absolute Gasteiger partial charge is 0.356 e. The molecule has 0 bridgehead atoms. The molecule has 0 unspecified atom stereocenters. The van der Waals surface area contributed by atoms with E-state index in [0.717, 1.165) is 25.7 Å². The van der Waals surface area contributed by atoms with Crippen LogP contribution < -0.4 is 16.4 Å². The van der Waals surface area contributed by atoms with E-state index in [1.54, 1.807) is 4.90 Å². The maximum Gasteiger partial charge on any atom is 0.314 e. The van der Waals surface area contributed by atoms with E-state index < -0.39 is 6.03 Å². The highest BCUT2D eigenvalue weighted by molar-refractivity contribution is 5.76. The predicted octanol–water partition coefficient (Wildman–Crippen LogP) is 11.5. The molecule has 0 aromatic heterocycles. The van der Waals surface area contributed by atoms with E-state index >= 15 is 0 Å². The van der Waals surface area contributed by atoms with Crippen LogP contribution in [0.25, 0.3) is 0 Å². The van der Waals surface area contributed by atoms with Crippen molar-refractivity contribution in [1.29, 1.82) is 0 Å². The van der Waals surface area contributed by atoms with Gasteiger partial charge in [-0.25, -0.2) is 4.79 Å². The van der Waals surface area contributed by atoms with E-state index in [1.165, 1.54) is 141 Å². The van der Waals surface area contributed by atoms with Crippen molar-refractivity contribution < 1.29 is 14.4 Å². The maximum absolute atomic E-state index is 12.2. The Hall–Kier alpha value is -2.31. The Morgan fingerprint density at radius 1 is 0.440 bits per heavy atom. The highest BCUT2D eigenvalue weighted by Crippen LogP contribution is 2.11. The number of allylic oxidation sites excluding steroid dienone is 4. The third-order valence-electron chi connectivity index (χ3n) is 9.50. The summed E-state index contributed by atoms with van der Waals surface area (Å²) < 4.78 is 0. The lowest BCUT2D eigenvalue weighted by Crippen LogP contribution is -2.39. The van der Waals surface area contributed by atoms with Crippen molar-refractivity contribution in [3.63, 3.8) is 0 Å². The Morgan fingerprint density at radius 2 is 0.740 bits per heavy atom. The van der Waals surface area contributed by atoms with Crippen LogP contribution >= 0.6 is 0 Å². The third kappa shape index (κ3) is 37.0. The average Bonchev–Trinajstić information content (AvgIpc) is 3.10. The van der Waals surface area contributed by atoms with Crippen LogP contribution in [0.5, 0.6) is 0 Å². The van der Waals surface area contributed by atoms with Crippen molar-refractivity contribution in [3.05, 3.63) is 24.3 Å². The first kappa shape index (κ1) is 47.7. The van der Waals surface area contributed by atoms with Crippen LogP contribution in [0.2, 0.25) is 0 Å². The molecule has 7 heteroatoms. The van der Waals surface area contributed by atoms with Crippen LogP contribution in [0.4, 0.5) is 4.79 Å². The van der Waals surface area contributed by atoms with Gasteiger partial charge in [0.05, 0.1) is 0 Å². The summed E-state index contributed by atoms with van der Waals surface area (Å²) in [7, 11) is 0. The molecule has 0 aliphatic rings. The van der Waals surface area contributed by atoms with E-state index in [0.29, 0.717) is 51.9 Å². The SMILES string of the molecule is CCCCCCCC/C=C\CCCCCCCC(=O)NCCCN(CCCNC(=O)CCCCCCC/C=C\CCCCCCCC)C(N)=O. The number of nitrogens with two attached hydrogens (primary N) is 1. The predicted molar refractivity (Wildman–Crippen MR) is 215 cm³/mol. The molecule has 0 fully saturated rings. The Bertz CT molecular complexity index is 769. The molecule has 292 valence electrons. The summed E-state index contributed by atoms with van der Waals surface area (Å²) in [5.41, 5.74) is 5.57. The summed E-state index contributed by atoms with van der Waals surface area (Å²) in [6.07, 6.45) is 44.3. The lowest BCUT2D eigenvalue weighted by molar-refractivity contribution is -0.122. The minimum absolute atomic E-state index is 0.0854. The second kappa shape index (κ2) is 39.5. The quantitative estimate of drug-likeness (QED) is 0.0440. The number of hydrogen-bond acceptors (Lipinski definition) is 3. The molecule has 0 aliphatic heterocycles. The van der Waals surface area contributed by atoms with Crippen LogP contribution in [-0.2, 0) is 9.59 Å². The zero-order valence-electron chi connectivity index (χ0n) is 33.1. The van der Waals surface area contributed by atoms with E-state index in [1.807, 2.05) is 0 Å². The number of carbonyl (C=O) groups is 3. The van der Waals surface area contributed by atoms with E-state index in [9.17, 15) is 14.4 Å².